The van der Waals surface area contributed by atoms with Crippen LogP contribution in [0, 0.1) is 17.3 Å². The maximum absolute atomic E-state index is 13.2. The molecule has 31 heavy (non-hydrogen) atoms. The van der Waals surface area contributed by atoms with Crippen molar-refractivity contribution in [2.75, 3.05) is 6.61 Å². The number of halogens is 3. The van der Waals surface area contributed by atoms with Gasteiger partial charge in [-0.15, -0.1) is 0 Å². The fourth-order valence-corrected chi connectivity index (χ4v) is 6.11. The Bertz CT molecular complexity index is 839. The molecule has 0 spiro atoms. The van der Waals surface area contributed by atoms with E-state index in [0.717, 1.165) is 0 Å². The van der Waals surface area contributed by atoms with Crippen molar-refractivity contribution in [3.8, 4) is 0 Å². The molecular formula is C21H27F3O7. The second-order valence-corrected chi connectivity index (χ2v) is 10.1. The zero-order valence-electron chi connectivity index (χ0n) is 17.9. The highest BCUT2D eigenvalue weighted by atomic mass is 19.4. The van der Waals surface area contributed by atoms with Gasteiger partial charge < -0.3 is 24.1 Å². The molecule has 7 unspecified atom stereocenters. The summed E-state index contributed by atoms with van der Waals surface area (Å²) < 4.78 is 61.6. The van der Waals surface area contributed by atoms with Gasteiger partial charge in [-0.2, -0.15) is 13.2 Å². The predicted octanol–water partition coefficient (Wildman–Crippen LogP) is 2.65. The summed E-state index contributed by atoms with van der Waals surface area (Å²) in [5, 5.41) is 9.90. The summed E-state index contributed by atoms with van der Waals surface area (Å²) in [4.78, 5) is 25.1. The third-order valence-corrected chi connectivity index (χ3v) is 7.41. The maximum atomic E-state index is 13.2. The molecule has 7 nitrogen and oxygen atoms in total. The lowest BCUT2D eigenvalue weighted by Crippen LogP contribution is -2.57. The Labute approximate surface area is 177 Å². The molecule has 10 heteroatoms. The van der Waals surface area contributed by atoms with Crippen LogP contribution in [0.5, 0.6) is 0 Å². The predicted molar refractivity (Wildman–Crippen MR) is 98.4 cm³/mol. The Morgan fingerprint density at radius 1 is 1.32 bits per heavy atom. The molecule has 2 heterocycles. The average Bonchev–Trinajstić information content (AvgIpc) is 3.29. The van der Waals surface area contributed by atoms with Crippen molar-refractivity contribution in [3.63, 3.8) is 0 Å². The minimum Gasteiger partial charge on any atom is -0.458 e. The van der Waals surface area contributed by atoms with Crippen molar-refractivity contribution in [1.82, 2.24) is 0 Å². The van der Waals surface area contributed by atoms with Gasteiger partial charge in [0.05, 0.1) is 17.8 Å². The van der Waals surface area contributed by atoms with Crippen LogP contribution in [0.3, 0.4) is 0 Å². The van der Waals surface area contributed by atoms with Crippen LogP contribution in [-0.2, 0) is 28.5 Å². The van der Waals surface area contributed by atoms with Crippen LogP contribution >= 0.6 is 0 Å². The van der Waals surface area contributed by atoms with Gasteiger partial charge in [0.2, 0.25) is 0 Å². The average molecular weight is 448 g/mol. The topological polar surface area (TPSA) is 91.3 Å². The first-order chi connectivity index (χ1) is 14.1. The molecule has 2 saturated carbocycles. The summed E-state index contributed by atoms with van der Waals surface area (Å²) >= 11 is 0. The van der Waals surface area contributed by atoms with Gasteiger partial charge in [0.15, 0.2) is 0 Å². The number of rotatable bonds is 5. The van der Waals surface area contributed by atoms with E-state index >= 15 is 0 Å². The number of hydrogen-bond acceptors (Lipinski definition) is 7. The number of esters is 2. The van der Waals surface area contributed by atoms with Crippen LogP contribution in [-0.4, -0.2) is 59.0 Å². The summed E-state index contributed by atoms with van der Waals surface area (Å²) in [7, 11) is 0. The minimum absolute atomic E-state index is 0.132. The highest BCUT2D eigenvalue weighted by Crippen LogP contribution is 2.67. The van der Waals surface area contributed by atoms with Crippen molar-refractivity contribution in [2.45, 2.75) is 82.3 Å². The Morgan fingerprint density at radius 2 is 1.97 bits per heavy atom. The first-order valence-electron chi connectivity index (χ1n) is 10.3. The minimum atomic E-state index is -4.97. The Hall–Kier alpha value is -1.65. The monoisotopic (exact) mass is 448 g/mol. The van der Waals surface area contributed by atoms with Gasteiger partial charge in [-0.3, -0.25) is 4.79 Å². The molecular weight excluding hydrogens is 421 g/mol. The lowest BCUT2D eigenvalue weighted by atomic mass is 9.63. The molecule has 2 saturated heterocycles. The first kappa shape index (κ1) is 22.5. The highest BCUT2D eigenvalue weighted by Gasteiger charge is 2.77. The third-order valence-electron chi connectivity index (χ3n) is 7.41. The summed E-state index contributed by atoms with van der Waals surface area (Å²) in [5.74, 6) is -4.78. The molecule has 4 aliphatic rings. The zero-order chi connectivity index (χ0) is 23.2. The molecule has 2 bridgehead atoms. The van der Waals surface area contributed by atoms with Crippen LogP contribution in [0.1, 0.15) is 47.0 Å². The molecule has 0 radical (unpaired) electrons. The normalized spacial score (nSPS) is 43.9. The Morgan fingerprint density at radius 3 is 2.52 bits per heavy atom. The van der Waals surface area contributed by atoms with Crippen molar-refractivity contribution in [2.24, 2.45) is 17.3 Å². The van der Waals surface area contributed by atoms with Gasteiger partial charge in [0.1, 0.15) is 17.6 Å². The van der Waals surface area contributed by atoms with E-state index in [0.29, 0.717) is 12.8 Å². The summed E-state index contributed by atoms with van der Waals surface area (Å²) in [5.41, 5.74) is -3.52. The van der Waals surface area contributed by atoms with E-state index in [-0.39, 0.29) is 17.4 Å². The van der Waals surface area contributed by atoms with Gasteiger partial charge in [-0.1, -0.05) is 6.58 Å². The van der Waals surface area contributed by atoms with E-state index < -0.39 is 65.8 Å². The Balaban J connectivity index is 1.56. The van der Waals surface area contributed by atoms with E-state index in [4.69, 9.17) is 18.9 Å². The lowest BCUT2D eigenvalue weighted by molar-refractivity contribution is -0.349. The van der Waals surface area contributed by atoms with Gasteiger partial charge in [0, 0.05) is 23.8 Å². The summed E-state index contributed by atoms with van der Waals surface area (Å²) in [6.45, 7) is 9.36. The number of hydrogen-bond donors (Lipinski definition) is 1. The van der Waals surface area contributed by atoms with Crippen LogP contribution in [0.4, 0.5) is 13.2 Å². The molecule has 2 aliphatic carbocycles. The van der Waals surface area contributed by atoms with Crippen molar-refractivity contribution in [1.29, 1.82) is 0 Å². The second kappa shape index (κ2) is 6.45. The summed E-state index contributed by atoms with van der Waals surface area (Å²) in [6.07, 6.45) is -6.08. The van der Waals surface area contributed by atoms with Gasteiger partial charge >= 0.3 is 18.1 Å². The number of alkyl halides is 3. The lowest BCUT2D eigenvalue weighted by Gasteiger charge is -2.47. The fourth-order valence-electron chi connectivity index (χ4n) is 6.11. The number of ether oxygens (including phenoxy) is 4. The molecule has 4 rings (SSSR count). The van der Waals surface area contributed by atoms with Crippen LogP contribution in [0.15, 0.2) is 12.2 Å². The van der Waals surface area contributed by atoms with Crippen molar-refractivity contribution < 1.29 is 46.8 Å². The number of aliphatic hydroxyl groups is 1. The van der Waals surface area contributed by atoms with Crippen molar-refractivity contribution in [3.05, 3.63) is 12.2 Å². The van der Waals surface area contributed by atoms with E-state index in [1.807, 2.05) is 0 Å². The molecule has 0 aromatic rings. The van der Waals surface area contributed by atoms with E-state index in [1.54, 1.807) is 13.8 Å². The molecule has 4 fully saturated rings. The molecule has 7 atom stereocenters. The molecule has 0 amide bonds. The second-order valence-electron chi connectivity index (χ2n) is 10.1. The number of fused-ring (bicyclic) bond motifs is 1. The molecule has 0 aromatic carbocycles. The van der Waals surface area contributed by atoms with Crippen molar-refractivity contribution >= 4 is 11.9 Å². The van der Waals surface area contributed by atoms with Crippen LogP contribution in [0.2, 0.25) is 0 Å². The maximum Gasteiger partial charge on any atom is 0.443 e. The molecule has 2 aliphatic heterocycles. The van der Waals surface area contributed by atoms with E-state index in [1.165, 1.54) is 13.8 Å². The number of carbonyl (C=O) groups excluding carboxylic acids is 2. The largest absolute Gasteiger partial charge is 0.458 e. The fraction of sp³-hybridized carbons (Fsp3) is 0.810. The van der Waals surface area contributed by atoms with Crippen LogP contribution < -0.4 is 0 Å². The highest BCUT2D eigenvalue weighted by molar-refractivity contribution is 5.87. The van der Waals surface area contributed by atoms with E-state index in [9.17, 15) is 27.9 Å². The van der Waals surface area contributed by atoms with Gasteiger partial charge in [0.25, 0.3) is 5.79 Å². The van der Waals surface area contributed by atoms with Gasteiger partial charge in [-0.25, -0.2) is 4.79 Å². The quantitative estimate of drug-likeness (QED) is 0.511. The standard InChI is InChI=1S/C21H27F3O7/c1-10(2)15(25)29-13-11-6-12-14(13)30-16(26)19(12,7-11)17(3,4)31-18(5)8-20(27,28-9-18)21(22,23)24/h11-14,27H,1,6-9H2,2-5H3. The van der Waals surface area contributed by atoms with E-state index in [2.05, 4.69) is 6.58 Å². The summed E-state index contributed by atoms with van der Waals surface area (Å²) in [6, 6.07) is 0. The molecule has 174 valence electrons. The Kier molecular flexibility index (Phi) is 4.69. The smallest absolute Gasteiger partial charge is 0.443 e. The molecule has 0 aromatic heterocycles. The van der Waals surface area contributed by atoms with Gasteiger partial charge in [-0.05, 0) is 40.5 Å². The SMILES string of the molecule is C=C(C)C(=O)OC1C2CC3C1OC(=O)C3(C(C)(C)OC1(C)COC(O)(C(F)(F)F)C1)C2. The van der Waals surface area contributed by atoms with Crippen LogP contribution in [0.25, 0.3) is 0 Å². The number of carbonyl (C=O) groups is 2. The molecule has 1 N–H and O–H groups in total. The zero-order valence-corrected chi connectivity index (χ0v) is 17.9. The third kappa shape index (κ3) is 3.05. The first-order valence-corrected chi connectivity index (χ1v) is 10.3.